The SMILES string of the molecule is O=C(NC1CCCCCC1)[C@H](Cc1ccccc1)NS(=O)(=O)c1cccc2nsnc12. The molecule has 1 aromatic heterocycles. The second-order valence-corrected chi connectivity index (χ2v) is 10.2. The maximum atomic E-state index is 13.2. The zero-order valence-corrected chi connectivity index (χ0v) is 18.8. The van der Waals surface area contributed by atoms with Gasteiger partial charge in [0.2, 0.25) is 15.9 Å². The highest BCUT2D eigenvalue weighted by atomic mass is 32.2. The van der Waals surface area contributed by atoms with Crippen molar-refractivity contribution in [2.75, 3.05) is 0 Å². The Bertz CT molecular complexity index is 1120. The van der Waals surface area contributed by atoms with E-state index in [1.54, 1.807) is 12.1 Å². The van der Waals surface area contributed by atoms with Crippen molar-refractivity contribution in [1.29, 1.82) is 0 Å². The average Bonchev–Trinajstić information content (AvgIpc) is 3.10. The van der Waals surface area contributed by atoms with Crippen LogP contribution in [-0.4, -0.2) is 35.2 Å². The van der Waals surface area contributed by atoms with E-state index in [1.165, 1.54) is 18.9 Å². The summed E-state index contributed by atoms with van der Waals surface area (Å²) in [5, 5.41) is 3.09. The molecule has 0 unspecified atom stereocenters. The lowest BCUT2D eigenvalue weighted by Crippen LogP contribution is -2.50. The van der Waals surface area contributed by atoms with E-state index in [2.05, 4.69) is 18.8 Å². The Kier molecular flexibility index (Phi) is 6.94. The van der Waals surface area contributed by atoms with Crippen LogP contribution in [0.25, 0.3) is 11.0 Å². The van der Waals surface area contributed by atoms with Crippen LogP contribution in [0.4, 0.5) is 0 Å². The summed E-state index contributed by atoms with van der Waals surface area (Å²) >= 11 is 0.965. The monoisotopic (exact) mass is 458 g/mol. The van der Waals surface area contributed by atoms with E-state index in [0.29, 0.717) is 11.0 Å². The topological polar surface area (TPSA) is 101 Å². The number of amides is 1. The van der Waals surface area contributed by atoms with Gasteiger partial charge >= 0.3 is 0 Å². The molecule has 9 heteroatoms. The summed E-state index contributed by atoms with van der Waals surface area (Å²) in [5.74, 6) is -0.289. The second-order valence-electron chi connectivity index (χ2n) is 7.95. The van der Waals surface area contributed by atoms with Gasteiger partial charge in [-0.05, 0) is 37.0 Å². The first-order valence-corrected chi connectivity index (χ1v) is 12.8. The number of benzene rings is 2. The smallest absolute Gasteiger partial charge is 0.243 e. The molecule has 1 atom stereocenters. The van der Waals surface area contributed by atoms with Crippen molar-refractivity contribution >= 4 is 38.7 Å². The number of carbonyl (C=O) groups excluding carboxylic acids is 1. The molecule has 2 aromatic carbocycles. The fourth-order valence-electron chi connectivity index (χ4n) is 4.01. The van der Waals surface area contributed by atoms with E-state index < -0.39 is 16.1 Å². The van der Waals surface area contributed by atoms with Crippen LogP contribution < -0.4 is 10.0 Å². The van der Waals surface area contributed by atoms with E-state index in [1.807, 2.05) is 30.3 Å². The highest BCUT2D eigenvalue weighted by Crippen LogP contribution is 2.22. The quantitative estimate of drug-likeness (QED) is 0.528. The van der Waals surface area contributed by atoms with Gasteiger partial charge in [-0.1, -0.05) is 62.1 Å². The molecule has 1 saturated carbocycles. The Balaban J connectivity index is 1.58. The Morgan fingerprint density at radius 2 is 1.74 bits per heavy atom. The van der Waals surface area contributed by atoms with Crippen molar-refractivity contribution in [3.05, 3.63) is 54.1 Å². The molecule has 3 aromatic rings. The molecule has 7 nitrogen and oxygen atoms in total. The van der Waals surface area contributed by atoms with Gasteiger partial charge in [-0.15, -0.1) is 0 Å². The van der Waals surface area contributed by atoms with E-state index in [4.69, 9.17) is 0 Å². The first-order valence-electron chi connectivity index (χ1n) is 10.6. The van der Waals surface area contributed by atoms with Crippen molar-refractivity contribution in [2.45, 2.75) is 61.9 Å². The van der Waals surface area contributed by atoms with E-state index in [-0.39, 0.29) is 23.3 Å². The summed E-state index contributed by atoms with van der Waals surface area (Å²) in [6.07, 6.45) is 6.65. The number of fused-ring (bicyclic) bond motifs is 1. The number of nitrogens with zero attached hydrogens (tertiary/aromatic N) is 2. The minimum Gasteiger partial charge on any atom is -0.352 e. The zero-order valence-electron chi connectivity index (χ0n) is 17.2. The lowest BCUT2D eigenvalue weighted by molar-refractivity contribution is -0.123. The Labute approximate surface area is 186 Å². The first kappa shape index (κ1) is 21.9. The molecule has 0 aliphatic heterocycles. The van der Waals surface area contributed by atoms with Crippen LogP contribution >= 0.6 is 11.7 Å². The lowest BCUT2D eigenvalue weighted by Gasteiger charge is -2.23. The van der Waals surface area contributed by atoms with Crippen molar-refractivity contribution in [3.63, 3.8) is 0 Å². The minimum atomic E-state index is -3.98. The van der Waals surface area contributed by atoms with Gasteiger partial charge in [0.1, 0.15) is 22.0 Å². The number of carbonyl (C=O) groups is 1. The number of nitrogens with one attached hydrogen (secondary N) is 2. The van der Waals surface area contributed by atoms with Gasteiger partial charge in [-0.3, -0.25) is 4.79 Å². The van der Waals surface area contributed by atoms with Gasteiger partial charge in [0.15, 0.2) is 0 Å². The standard InChI is InChI=1S/C22H26N4O3S2/c27-22(23-17-11-6-1-2-7-12-17)19(15-16-9-4-3-5-10-16)26-31(28,29)20-14-8-13-18-21(20)25-30-24-18/h3-5,8-10,13-14,17,19,26H,1-2,6-7,11-12,15H2,(H,23,27)/t19-/m0/s1. The normalized spacial score (nSPS) is 16.6. The maximum Gasteiger partial charge on any atom is 0.243 e. The van der Waals surface area contributed by atoms with Crippen LogP contribution in [0.3, 0.4) is 0 Å². The van der Waals surface area contributed by atoms with E-state index >= 15 is 0 Å². The lowest BCUT2D eigenvalue weighted by atomic mass is 10.0. The number of aromatic nitrogens is 2. The van der Waals surface area contributed by atoms with Crippen LogP contribution in [0.15, 0.2) is 53.4 Å². The van der Waals surface area contributed by atoms with E-state index in [0.717, 1.165) is 43.0 Å². The van der Waals surface area contributed by atoms with Gasteiger partial charge in [-0.2, -0.15) is 13.5 Å². The molecule has 2 N–H and O–H groups in total. The van der Waals surface area contributed by atoms with Crippen LogP contribution in [0.5, 0.6) is 0 Å². The maximum absolute atomic E-state index is 13.2. The largest absolute Gasteiger partial charge is 0.352 e. The van der Waals surface area contributed by atoms with Gasteiger partial charge in [-0.25, -0.2) is 8.42 Å². The summed E-state index contributed by atoms with van der Waals surface area (Å²) in [6.45, 7) is 0. The summed E-state index contributed by atoms with van der Waals surface area (Å²) < 4.78 is 37.4. The summed E-state index contributed by atoms with van der Waals surface area (Å²) in [7, 11) is -3.98. The fraction of sp³-hybridized carbons (Fsp3) is 0.409. The molecule has 1 fully saturated rings. The highest BCUT2D eigenvalue weighted by Gasteiger charge is 2.29. The van der Waals surface area contributed by atoms with Crippen molar-refractivity contribution in [3.8, 4) is 0 Å². The Morgan fingerprint density at radius 1 is 1.00 bits per heavy atom. The van der Waals surface area contributed by atoms with Gasteiger partial charge in [0.25, 0.3) is 0 Å². The first-order chi connectivity index (χ1) is 15.0. The average molecular weight is 459 g/mol. The number of hydrogen-bond acceptors (Lipinski definition) is 6. The Morgan fingerprint density at radius 3 is 2.48 bits per heavy atom. The molecule has 1 aliphatic carbocycles. The molecule has 31 heavy (non-hydrogen) atoms. The number of hydrogen-bond donors (Lipinski definition) is 2. The second kappa shape index (κ2) is 9.84. The predicted molar refractivity (Wildman–Crippen MR) is 121 cm³/mol. The molecule has 0 spiro atoms. The van der Waals surface area contributed by atoms with Gasteiger partial charge in [0.05, 0.1) is 11.7 Å². The van der Waals surface area contributed by atoms with Crippen molar-refractivity contribution in [2.24, 2.45) is 0 Å². The summed E-state index contributed by atoms with van der Waals surface area (Å²) in [6, 6.07) is 13.5. The summed E-state index contributed by atoms with van der Waals surface area (Å²) in [4.78, 5) is 13.2. The van der Waals surface area contributed by atoms with Crippen LogP contribution in [-0.2, 0) is 21.2 Å². The minimum absolute atomic E-state index is 0.0408. The number of sulfonamides is 1. The molecule has 4 rings (SSSR count). The van der Waals surface area contributed by atoms with Crippen LogP contribution in [0.1, 0.15) is 44.1 Å². The third kappa shape index (κ3) is 5.47. The molecule has 0 bridgehead atoms. The van der Waals surface area contributed by atoms with Gasteiger partial charge < -0.3 is 5.32 Å². The van der Waals surface area contributed by atoms with Crippen LogP contribution in [0, 0.1) is 0 Å². The molecular weight excluding hydrogens is 432 g/mol. The van der Waals surface area contributed by atoms with Gasteiger partial charge in [0, 0.05) is 6.04 Å². The molecule has 1 amide bonds. The summed E-state index contributed by atoms with van der Waals surface area (Å²) in [5.41, 5.74) is 1.73. The number of rotatable bonds is 7. The Hall–Kier alpha value is -2.36. The zero-order chi connectivity index (χ0) is 21.7. The third-order valence-corrected chi connectivity index (χ3v) is 7.68. The molecular formula is C22H26N4O3S2. The molecule has 1 aliphatic rings. The van der Waals surface area contributed by atoms with Crippen LogP contribution in [0.2, 0.25) is 0 Å². The van der Waals surface area contributed by atoms with E-state index in [9.17, 15) is 13.2 Å². The van der Waals surface area contributed by atoms with Crippen molar-refractivity contribution in [1.82, 2.24) is 18.8 Å². The fourth-order valence-corrected chi connectivity index (χ4v) is 5.97. The molecule has 164 valence electrons. The van der Waals surface area contributed by atoms with Crippen molar-refractivity contribution < 1.29 is 13.2 Å². The molecule has 0 radical (unpaired) electrons. The highest BCUT2D eigenvalue weighted by molar-refractivity contribution is 7.89. The molecule has 1 heterocycles. The third-order valence-electron chi connectivity index (χ3n) is 5.64. The molecule has 0 saturated heterocycles. The predicted octanol–water partition coefficient (Wildman–Crippen LogP) is 3.42.